The van der Waals surface area contributed by atoms with Crippen molar-refractivity contribution < 1.29 is 4.79 Å². The first-order chi connectivity index (χ1) is 8.06. The van der Waals surface area contributed by atoms with Gasteiger partial charge in [-0.1, -0.05) is 20.3 Å². The van der Waals surface area contributed by atoms with Crippen LogP contribution in [0.3, 0.4) is 0 Å². The van der Waals surface area contributed by atoms with Crippen molar-refractivity contribution in [2.75, 3.05) is 6.54 Å². The van der Waals surface area contributed by atoms with Crippen LogP contribution in [0.15, 0.2) is 0 Å². The summed E-state index contributed by atoms with van der Waals surface area (Å²) in [5, 5.41) is 9.14. The summed E-state index contributed by atoms with van der Waals surface area (Å²) in [6.07, 6.45) is 6.27. The SMILES string of the molecule is CC1(C)CCCC1C(=O)N1CCCCC1C#N. The van der Waals surface area contributed by atoms with Crippen molar-refractivity contribution in [3.05, 3.63) is 0 Å². The highest BCUT2D eigenvalue weighted by molar-refractivity contribution is 5.80. The predicted octanol–water partition coefficient (Wildman–Crippen LogP) is 2.72. The number of hydrogen-bond acceptors (Lipinski definition) is 2. The summed E-state index contributed by atoms with van der Waals surface area (Å²) in [4.78, 5) is 14.4. The second kappa shape index (κ2) is 4.68. The molecule has 0 N–H and O–H groups in total. The van der Waals surface area contributed by atoms with E-state index >= 15 is 0 Å². The molecule has 0 aromatic heterocycles. The van der Waals surface area contributed by atoms with Crippen LogP contribution in [0.25, 0.3) is 0 Å². The van der Waals surface area contributed by atoms with Gasteiger partial charge in [-0.2, -0.15) is 5.26 Å². The van der Waals surface area contributed by atoms with Crippen molar-refractivity contribution in [1.29, 1.82) is 5.26 Å². The second-order valence-electron chi connectivity index (χ2n) is 6.11. The molecule has 1 aliphatic heterocycles. The van der Waals surface area contributed by atoms with Crippen LogP contribution in [0.2, 0.25) is 0 Å². The van der Waals surface area contributed by atoms with Gasteiger partial charge in [0.25, 0.3) is 0 Å². The van der Waals surface area contributed by atoms with Crippen LogP contribution in [-0.4, -0.2) is 23.4 Å². The monoisotopic (exact) mass is 234 g/mol. The number of carbonyl (C=O) groups is 1. The van der Waals surface area contributed by atoms with Gasteiger partial charge in [-0.05, 0) is 37.5 Å². The lowest BCUT2D eigenvalue weighted by atomic mass is 9.80. The summed E-state index contributed by atoms with van der Waals surface area (Å²) >= 11 is 0. The molecule has 2 atom stereocenters. The zero-order valence-corrected chi connectivity index (χ0v) is 10.9. The van der Waals surface area contributed by atoms with Gasteiger partial charge in [-0.3, -0.25) is 4.79 Å². The Hall–Kier alpha value is -1.04. The van der Waals surface area contributed by atoms with Gasteiger partial charge in [0.1, 0.15) is 6.04 Å². The molecule has 1 saturated heterocycles. The largest absolute Gasteiger partial charge is 0.326 e. The van der Waals surface area contributed by atoms with Crippen LogP contribution < -0.4 is 0 Å². The third-order valence-corrected chi connectivity index (χ3v) is 4.49. The van der Waals surface area contributed by atoms with Crippen LogP contribution in [0.5, 0.6) is 0 Å². The molecule has 2 aliphatic rings. The van der Waals surface area contributed by atoms with Crippen LogP contribution in [0.4, 0.5) is 0 Å². The van der Waals surface area contributed by atoms with Gasteiger partial charge in [-0.25, -0.2) is 0 Å². The molecule has 2 rings (SSSR count). The highest BCUT2D eigenvalue weighted by atomic mass is 16.2. The standard InChI is InChI=1S/C14H22N2O/c1-14(2)8-5-7-12(14)13(17)16-9-4-3-6-11(16)10-15/h11-12H,3-9H2,1-2H3. The molecule has 1 aliphatic carbocycles. The lowest BCUT2D eigenvalue weighted by molar-refractivity contribution is -0.140. The average Bonchev–Trinajstić information content (AvgIpc) is 2.68. The molecule has 0 spiro atoms. The van der Waals surface area contributed by atoms with E-state index in [-0.39, 0.29) is 23.3 Å². The summed E-state index contributed by atoms with van der Waals surface area (Å²) in [6.45, 7) is 5.16. The molecule has 94 valence electrons. The highest BCUT2D eigenvalue weighted by Crippen LogP contribution is 2.44. The van der Waals surface area contributed by atoms with E-state index in [1.165, 1.54) is 0 Å². The Labute approximate surface area is 104 Å². The Morgan fingerprint density at radius 3 is 2.65 bits per heavy atom. The first-order valence-corrected chi connectivity index (χ1v) is 6.76. The molecule has 3 nitrogen and oxygen atoms in total. The molecular formula is C14H22N2O. The molecule has 1 saturated carbocycles. The lowest BCUT2D eigenvalue weighted by Crippen LogP contribution is -2.47. The Morgan fingerprint density at radius 2 is 2.06 bits per heavy atom. The summed E-state index contributed by atoms with van der Waals surface area (Å²) in [6, 6.07) is 2.12. The van der Waals surface area contributed by atoms with E-state index in [0.29, 0.717) is 0 Å². The van der Waals surface area contributed by atoms with Crippen LogP contribution in [0.1, 0.15) is 52.4 Å². The van der Waals surface area contributed by atoms with E-state index in [4.69, 9.17) is 5.26 Å². The maximum Gasteiger partial charge on any atom is 0.227 e. The lowest BCUT2D eigenvalue weighted by Gasteiger charge is -2.36. The topological polar surface area (TPSA) is 44.1 Å². The summed E-state index contributed by atoms with van der Waals surface area (Å²) in [5.74, 6) is 0.371. The van der Waals surface area contributed by atoms with Crippen LogP contribution in [-0.2, 0) is 4.79 Å². The number of hydrogen-bond donors (Lipinski definition) is 0. The molecule has 2 fully saturated rings. The number of piperidine rings is 1. The fourth-order valence-electron chi connectivity index (χ4n) is 3.31. The molecule has 1 heterocycles. The Balaban J connectivity index is 2.11. The Bertz CT molecular complexity index is 343. The number of nitrogens with zero attached hydrogens (tertiary/aromatic N) is 2. The number of rotatable bonds is 1. The molecule has 3 heteroatoms. The van der Waals surface area contributed by atoms with Gasteiger partial charge in [0.15, 0.2) is 0 Å². The van der Waals surface area contributed by atoms with E-state index in [9.17, 15) is 4.79 Å². The molecule has 0 bridgehead atoms. The maximum atomic E-state index is 12.6. The van der Waals surface area contributed by atoms with Crippen molar-refractivity contribution in [1.82, 2.24) is 4.90 Å². The number of amides is 1. The Morgan fingerprint density at radius 1 is 1.29 bits per heavy atom. The Kier molecular flexibility index (Phi) is 3.42. The van der Waals surface area contributed by atoms with Crippen LogP contribution in [0, 0.1) is 22.7 Å². The highest BCUT2D eigenvalue weighted by Gasteiger charge is 2.42. The van der Waals surface area contributed by atoms with Crippen molar-refractivity contribution in [3.8, 4) is 6.07 Å². The second-order valence-corrected chi connectivity index (χ2v) is 6.11. The molecule has 0 radical (unpaired) electrons. The van der Waals surface area contributed by atoms with E-state index in [1.54, 1.807) is 0 Å². The first-order valence-electron chi connectivity index (χ1n) is 6.76. The minimum atomic E-state index is -0.173. The number of nitriles is 1. The maximum absolute atomic E-state index is 12.6. The zero-order valence-electron chi connectivity index (χ0n) is 10.9. The summed E-state index contributed by atoms with van der Waals surface area (Å²) < 4.78 is 0. The van der Waals surface area contributed by atoms with E-state index in [0.717, 1.165) is 45.1 Å². The number of carbonyl (C=O) groups excluding carboxylic acids is 1. The van der Waals surface area contributed by atoms with Gasteiger partial charge in [-0.15, -0.1) is 0 Å². The molecular weight excluding hydrogens is 212 g/mol. The molecule has 2 unspecified atom stereocenters. The van der Waals surface area contributed by atoms with E-state index < -0.39 is 0 Å². The van der Waals surface area contributed by atoms with Gasteiger partial charge < -0.3 is 4.90 Å². The van der Waals surface area contributed by atoms with Crippen molar-refractivity contribution in [2.45, 2.75) is 58.4 Å². The third-order valence-electron chi connectivity index (χ3n) is 4.49. The predicted molar refractivity (Wildman–Crippen MR) is 66.1 cm³/mol. The summed E-state index contributed by atoms with van der Waals surface area (Å²) in [5.41, 5.74) is 0.120. The van der Waals surface area contributed by atoms with E-state index in [1.807, 2.05) is 4.90 Å². The van der Waals surface area contributed by atoms with Crippen molar-refractivity contribution in [2.24, 2.45) is 11.3 Å². The third kappa shape index (κ3) is 2.31. The summed E-state index contributed by atoms with van der Waals surface area (Å²) in [7, 11) is 0. The quantitative estimate of drug-likeness (QED) is 0.700. The average molecular weight is 234 g/mol. The van der Waals surface area contributed by atoms with Crippen molar-refractivity contribution >= 4 is 5.91 Å². The number of likely N-dealkylation sites (tertiary alicyclic amines) is 1. The normalized spacial score (nSPS) is 32.2. The van der Waals surface area contributed by atoms with Gasteiger partial charge >= 0.3 is 0 Å². The van der Waals surface area contributed by atoms with Gasteiger partial charge in [0.2, 0.25) is 5.91 Å². The fraction of sp³-hybridized carbons (Fsp3) is 0.857. The first kappa shape index (κ1) is 12.4. The fourth-order valence-corrected chi connectivity index (χ4v) is 3.31. The smallest absolute Gasteiger partial charge is 0.227 e. The molecule has 0 aromatic rings. The van der Waals surface area contributed by atoms with Crippen LogP contribution >= 0.6 is 0 Å². The zero-order chi connectivity index (χ0) is 12.5. The van der Waals surface area contributed by atoms with Crippen molar-refractivity contribution in [3.63, 3.8) is 0 Å². The molecule has 17 heavy (non-hydrogen) atoms. The van der Waals surface area contributed by atoms with Gasteiger partial charge in [0, 0.05) is 12.5 Å². The van der Waals surface area contributed by atoms with Gasteiger partial charge in [0.05, 0.1) is 6.07 Å². The van der Waals surface area contributed by atoms with E-state index in [2.05, 4.69) is 19.9 Å². The minimum Gasteiger partial charge on any atom is -0.326 e. The minimum absolute atomic E-state index is 0.120. The molecule has 0 aromatic carbocycles. The molecule has 1 amide bonds.